The van der Waals surface area contributed by atoms with Gasteiger partial charge in [-0.15, -0.1) is 0 Å². The molecule has 0 unspecified atom stereocenters. The number of hydrogen-bond acceptors (Lipinski definition) is 9. The van der Waals surface area contributed by atoms with Gasteiger partial charge in [0.2, 0.25) is 10.0 Å². The van der Waals surface area contributed by atoms with E-state index in [1.807, 2.05) is 0 Å². The lowest BCUT2D eigenvalue weighted by atomic mass is 10.2. The Kier molecular flexibility index (Phi) is 7.00. The SMILES string of the molecule is CCCCc1noc([C@H](C)Oc2ccc(S(=O)(=O)N3CCOCC3)cc2[N+](=O)[O-])n1. The van der Waals surface area contributed by atoms with Crippen molar-refractivity contribution in [3.63, 3.8) is 0 Å². The zero-order valence-electron chi connectivity index (χ0n) is 16.8. The Morgan fingerprint density at radius 2 is 2.07 bits per heavy atom. The quantitative estimate of drug-likeness (QED) is 0.425. The number of nitrogens with zero attached hydrogens (tertiary/aromatic N) is 4. The van der Waals surface area contributed by atoms with Gasteiger partial charge >= 0.3 is 5.69 Å². The average molecular weight is 440 g/mol. The van der Waals surface area contributed by atoms with E-state index in [1.54, 1.807) is 6.92 Å². The van der Waals surface area contributed by atoms with Crippen LogP contribution in [0.15, 0.2) is 27.6 Å². The molecule has 0 amide bonds. The molecule has 0 bridgehead atoms. The van der Waals surface area contributed by atoms with Crippen molar-refractivity contribution in [2.45, 2.75) is 44.1 Å². The fraction of sp³-hybridized carbons (Fsp3) is 0.556. The summed E-state index contributed by atoms with van der Waals surface area (Å²) in [4.78, 5) is 15.0. The predicted octanol–water partition coefficient (Wildman–Crippen LogP) is 2.48. The third kappa shape index (κ3) is 4.94. The molecule has 2 heterocycles. The molecule has 1 atom stereocenters. The molecule has 1 fully saturated rings. The summed E-state index contributed by atoms with van der Waals surface area (Å²) in [5.41, 5.74) is -0.457. The van der Waals surface area contributed by atoms with E-state index in [-0.39, 0.29) is 42.8 Å². The number of aromatic nitrogens is 2. The minimum absolute atomic E-state index is 0.0817. The van der Waals surface area contributed by atoms with E-state index in [0.29, 0.717) is 12.2 Å². The van der Waals surface area contributed by atoms with Crippen LogP contribution in [0.2, 0.25) is 0 Å². The lowest BCUT2D eigenvalue weighted by Gasteiger charge is -2.26. The van der Waals surface area contributed by atoms with Crippen molar-refractivity contribution in [2.75, 3.05) is 26.3 Å². The normalized spacial score (nSPS) is 16.3. The first-order chi connectivity index (χ1) is 14.3. The average Bonchev–Trinajstić information content (AvgIpc) is 3.22. The minimum atomic E-state index is -3.87. The number of morpholine rings is 1. The van der Waals surface area contributed by atoms with Crippen molar-refractivity contribution in [2.24, 2.45) is 0 Å². The third-order valence-corrected chi connectivity index (χ3v) is 6.52. The first kappa shape index (κ1) is 22.1. The second-order valence-corrected chi connectivity index (χ2v) is 8.75. The molecule has 1 aromatic heterocycles. The fourth-order valence-corrected chi connectivity index (χ4v) is 4.37. The van der Waals surface area contributed by atoms with Crippen LogP contribution in [0, 0.1) is 10.1 Å². The van der Waals surface area contributed by atoms with Gasteiger partial charge in [0.1, 0.15) is 0 Å². The molecule has 1 aliphatic rings. The van der Waals surface area contributed by atoms with Gasteiger partial charge in [-0.2, -0.15) is 9.29 Å². The first-order valence-electron chi connectivity index (χ1n) is 9.68. The number of sulfonamides is 1. The maximum atomic E-state index is 12.8. The van der Waals surface area contributed by atoms with Gasteiger partial charge in [0, 0.05) is 25.6 Å². The Labute approximate surface area is 174 Å². The zero-order valence-corrected chi connectivity index (χ0v) is 17.6. The molecule has 1 aliphatic heterocycles. The maximum Gasteiger partial charge on any atom is 0.312 e. The van der Waals surface area contributed by atoms with E-state index in [4.69, 9.17) is 14.0 Å². The molecule has 0 saturated carbocycles. The predicted molar refractivity (Wildman–Crippen MR) is 105 cm³/mol. The van der Waals surface area contributed by atoms with Crippen LogP contribution in [-0.4, -0.2) is 54.1 Å². The molecule has 0 N–H and O–H groups in total. The second kappa shape index (κ2) is 9.49. The number of hydrogen-bond donors (Lipinski definition) is 0. The van der Waals surface area contributed by atoms with Crippen LogP contribution < -0.4 is 4.74 Å². The molecule has 2 aromatic rings. The number of aryl methyl sites for hydroxylation is 1. The molecule has 0 spiro atoms. The standard InChI is InChI=1S/C18H24N4O7S/c1-3-4-5-17-19-18(29-20-17)13(2)28-16-7-6-14(12-15(16)22(23)24)30(25,26)21-8-10-27-11-9-21/h6-7,12-13H,3-5,8-11H2,1-2H3/t13-/m0/s1. The van der Waals surface area contributed by atoms with Crippen LogP contribution in [0.1, 0.15) is 44.5 Å². The Hall–Kier alpha value is -2.57. The number of ether oxygens (including phenoxy) is 2. The van der Waals surface area contributed by atoms with Gasteiger partial charge in [0.15, 0.2) is 17.7 Å². The van der Waals surface area contributed by atoms with Gasteiger partial charge in [-0.25, -0.2) is 8.42 Å². The van der Waals surface area contributed by atoms with Crippen molar-refractivity contribution in [1.82, 2.24) is 14.4 Å². The maximum absolute atomic E-state index is 12.8. The van der Waals surface area contributed by atoms with Gasteiger partial charge in [-0.05, 0) is 25.5 Å². The topological polar surface area (TPSA) is 138 Å². The molecule has 0 aliphatic carbocycles. The van der Waals surface area contributed by atoms with Gasteiger partial charge in [-0.3, -0.25) is 10.1 Å². The van der Waals surface area contributed by atoms with Crippen molar-refractivity contribution >= 4 is 15.7 Å². The summed E-state index contributed by atoms with van der Waals surface area (Å²) in [7, 11) is -3.87. The lowest BCUT2D eigenvalue weighted by Crippen LogP contribution is -2.40. The Morgan fingerprint density at radius 1 is 1.33 bits per heavy atom. The summed E-state index contributed by atoms with van der Waals surface area (Å²) in [5, 5.41) is 15.4. The highest BCUT2D eigenvalue weighted by atomic mass is 32.2. The second-order valence-electron chi connectivity index (χ2n) is 6.82. The van der Waals surface area contributed by atoms with E-state index in [1.165, 1.54) is 16.4 Å². The van der Waals surface area contributed by atoms with Crippen LogP contribution in [0.5, 0.6) is 5.75 Å². The summed E-state index contributed by atoms with van der Waals surface area (Å²) >= 11 is 0. The summed E-state index contributed by atoms with van der Waals surface area (Å²) in [6, 6.07) is 3.57. The number of rotatable bonds is 9. The Bertz CT molecular complexity index is 986. The zero-order chi connectivity index (χ0) is 21.7. The molecule has 1 aromatic carbocycles. The number of benzene rings is 1. The van der Waals surface area contributed by atoms with E-state index < -0.39 is 26.7 Å². The summed E-state index contributed by atoms with van der Waals surface area (Å²) in [5.74, 6) is 0.658. The molecule has 164 valence electrons. The fourth-order valence-electron chi connectivity index (χ4n) is 2.95. The van der Waals surface area contributed by atoms with Crippen molar-refractivity contribution in [3.05, 3.63) is 40.0 Å². The minimum Gasteiger partial charge on any atom is -0.474 e. The summed E-state index contributed by atoms with van der Waals surface area (Å²) < 4.78 is 42.8. The highest BCUT2D eigenvalue weighted by Gasteiger charge is 2.30. The van der Waals surface area contributed by atoms with E-state index in [9.17, 15) is 18.5 Å². The number of unbranched alkanes of at least 4 members (excludes halogenated alkanes) is 1. The number of nitro benzene ring substituents is 1. The van der Waals surface area contributed by atoms with E-state index in [2.05, 4.69) is 17.1 Å². The Balaban J connectivity index is 1.81. The largest absolute Gasteiger partial charge is 0.474 e. The number of nitro groups is 1. The van der Waals surface area contributed by atoms with Gasteiger partial charge in [-0.1, -0.05) is 18.5 Å². The molecule has 3 rings (SSSR count). The van der Waals surface area contributed by atoms with Crippen molar-refractivity contribution in [1.29, 1.82) is 0 Å². The van der Waals surface area contributed by atoms with Crippen LogP contribution in [-0.2, 0) is 21.2 Å². The Morgan fingerprint density at radius 3 is 2.73 bits per heavy atom. The van der Waals surface area contributed by atoms with Gasteiger partial charge in [0.05, 0.1) is 23.0 Å². The monoisotopic (exact) mass is 440 g/mol. The summed E-state index contributed by atoms with van der Waals surface area (Å²) in [6.07, 6.45) is 1.83. The van der Waals surface area contributed by atoms with Crippen molar-refractivity contribution in [3.8, 4) is 5.75 Å². The van der Waals surface area contributed by atoms with Crippen LogP contribution in [0.4, 0.5) is 5.69 Å². The summed E-state index contributed by atoms with van der Waals surface area (Å²) in [6.45, 7) is 4.63. The van der Waals surface area contributed by atoms with Gasteiger partial charge < -0.3 is 14.0 Å². The molecule has 0 radical (unpaired) electrons. The van der Waals surface area contributed by atoms with Crippen LogP contribution in [0.3, 0.4) is 0 Å². The van der Waals surface area contributed by atoms with Gasteiger partial charge in [0.25, 0.3) is 5.89 Å². The van der Waals surface area contributed by atoms with Crippen LogP contribution >= 0.6 is 0 Å². The molecule has 1 saturated heterocycles. The lowest BCUT2D eigenvalue weighted by molar-refractivity contribution is -0.386. The highest BCUT2D eigenvalue weighted by molar-refractivity contribution is 7.89. The smallest absolute Gasteiger partial charge is 0.312 e. The molecular weight excluding hydrogens is 416 g/mol. The van der Waals surface area contributed by atoms with Crippen molar-refractivity contribution < 1.29 is 27.3 Å². The highest BCUT2D eigenvalue weighted by Crippen LogP contribution is 2.33. The molecule has 30 heavy (non-hydrogen) atoms. The third-order valence-electron chi connectivity index (χ3n) is 4.62. The first-order valence-corrected chi connectivity index (χ1v) is 11.1. The van der Waals surface area contributed by atoms with Crippen LogP contribution in [0.25, 0.3) is 0 Å². The van der Waals surface area contributed by atoms with E-state index >= 15 is 0 Å². The molecule has 12 heteroatoms. The molecular formula is C18H24N4O7S. The van der Waals surface area contributed by atoms with E-state index in [0.717, 1.165) is 18.9 Å². The molecule has 11 nitrogen and oxygen atoms in total.